The van der Waals surface area contributed by atoms with Crippen molar-refractivity contribution < 1.29 is 27.1 Å². The number of hydrogen-bond donors (Lipinski definition) is 0. The van der Waals surface area contributed by atoms with E-state index in [9.17, 15) is 22.4 Å². The highest BCUT2D eigenvalue weighted by molar-refractivity contribution is 7.88. The van der Waals surface area contributed by atoms with E-state index in [4.69, 9.17) is 4.74 Å². The maximum Gasteiger partial charge on any atom is 0.324 e. The third-order valence-corrected chi connectivity index (χ3v) is 6.33. The first-order valence-electron chi connectivity index (χ1n) is 9.21. The van der Waals surface area contributed by atoms with Crippen LogP contribution in [0.1, 0.15) is 34.6 Å². The fourth-order valence-electron chi connectivity index (χ4n) is 3.74. The molecule has 0 unspecified atom stereocenters. The predicted octanol–water partition coefficient (Wildman–Crippen LogP) is 2.38. The zero-order valence-electron chi connectivity index (χ0n) is 16.5. The fourth-order valence-corrected chi connectivity index (χ4v) is 4.86. The summed E-state index contributed by atoms with van der Waals surface area (Å²) in [6.45, 7) is 3.31. The molecule has 0 spiro atoms. The van der Waals surface area contributed by atoms with Gasteiger partial charge in [-0.15, -0.1) is 0 Å². The van der Waals surface area contributed by atoms with Crippen LogP contribution < -0.4 is 0 Å². The summed E-state index contributed by atoms with van der Waals surface area (Å²) in [6, 6.07) is 6.80. The molecule has 2 aromatic rings. The summed E-state index contributed by atoms with van der Waals surface area (Å²) in [5, 5.41) is 0. The van der Waals surface area contributed by atoms with E-state index in [-0.39, 0.29) is 12.4 Å². The normalized spacial score (nSPS) is 17.4. The van der Waals surface area contributed by atoms with Gasteiger partial charge in [-0.3, -0.25) is 9.59 Å². The number of sulfonamides is 1. The van der Waals surface area contributed by atoms with Gasteiger partial charge in [0, 0.05) is 29.2 Å². The smallest absolute Gasteiger partial charge is 0.324 e. The van der Waals surface area contributed by atoms with E-state index in [2.05, 4.69) is 0 Å². The molecule has 29 heavy (non-hydrogen) atoms. The van der Waals surface area contributed by atoms with Crippen LogP contribution in [-0.2, 0) is 19.6 Å². The highest BCUT2D eigenvalue weighted by Crippen LogP contribution is 2.23. The maximum atomic E-state index is 13.6. The van der Waals surface area contributed by atoms with Gasteiger partial charge in [0.2, 0.25) is 15.8 Å². The first kappa shape index (κ1) is 21.2. The molecule has 1 aliphatic rings. The number of halogens is 1. The monoisotopic (exact) mass is 422 g/mol. The molecule has 0 radical (unpaired) electrons. The zero-order valence-corrected chi connectivity index (χ0v) is 17.3. The summed E-state index contributed by atoms with van der Waals surface area (Å²) in [5.41, 5.74) is 2.30. The summed E-state index contributed by atoms with van der Waals surface area (Å²) < 4.78 is 45.1. The van der Waals surface area contributed by atoms with E-state index >= 15 is 0 Å². The second kappa shape index (κ2) is 8.08. The molecule has 1 saturated heterocycles. The maximum absolute atomic E-state index is 13.6. The van der Waals surface area contributed by atoms with Gasteiger partial charge in [-0.1, -0.05) is 6.07 Å². The minimum absolute atomic E-state index is 0.265. The number of ketones is 1. The number of aryl methyl sites for hydroxylation is 1. The Morgan fingerprint density at radius 3 is 2.62 bits per heavy atom. The number of aromatic nitrogens is 1. The summed E-state index contributed by atoms with van der Waals surface area (Å²) in [5.74, 6) is -1.51. The van der Waals surface area contributed by atoms with Crippen LogP contribution in [-0.4, -0.2) is 54.5 Å². The highest BCUT2D eigenvalue weighted by Gasteiger charge is 2.37. The molecular weight excluding hydrogens is 399 g/mol. The molecule has 1 aromatic heterocycles. The lowest BCUT2D eigenvalue weighted by Crippen LogP contribution is -2.41. The Morgan fingerprint density at radius 1 is 1.24 bits per heavy atom. The number of carbonyl (C=O) groups excluding carboxylic acids is 2. The second-order valence-corrected chi connectivity index (χ2v) is 9.10. The van der Waals surface area contributed by atoms with Gasteiger partial charge in [-0.05, 0) is 51.0 Å². The number of Topliss-reactive ketones (excluding diaryl/α,β-unsaturated/α-hetero) is 1. The minimum Gasteiger partial charge on any atom is -0.456 e. The molecule has 2 heterocycles. The van der Waals surface area contributed by atoms with Gasteiger partial charge >= 0.3 is 5.97 Å². The zero-order chi connectivity index (χ0) is 21.3. The molecule has 0 amide bonds. The molecule has 0 bridgehead atoms. The van der Waals surface area contributed by atoms with Gasteiger partial charge < -0.3 is 9.30 Å². The topological polar surface area (TPSA) is 85.7 Å². The minimum atomic E-state index is -3.52. The number of rotatable bonds is 6. The molecule has 1 atom stereocenters. The van der Waals surface area contributed by atoms with E-state index in [0.29, 0.717) is 29.8 Å². The van der Waals surface area contributed by atoms with Gasteiger partial charge in [0.25, 0.3) is 0 Å². The van der Waals surface area contributed by atoms with Crippen LogP contribution in [0.3, 0.4) is 0 Å². The molecule has 0 saturated carbocycles. The molecule has 1 fully saturated rings. The van der Waals surface area contributed by atoms with Crippen molar-refractivity contribution in [3.63, 3.8) is 0 Å². The average molecular weight is 422 g/mol. The van der Waals surface area contributed by atoms with Crippen molar-refractivity contribution in [2.75, 3.05) is 19.4 Å². The van der Waals surface area contributed by atoms with Crippen molar-refractivity contribution in [1.82, 2.24) is 8.87 Å². The van der Waals surface area contributed by atoms with Crippen molar-refractivity contribution in [2.24, 2.45) is 0 Å². The second-order valence-electron chi connectivity index (χ2n) is 7.16. The lowest BCUT2D eigenvalue weighted by atomic mass is 10.1. The highest BCUT2D eigenvalue weighted by atomic mass is 32.2. The molecule has 7 nitrogen and oxygen atoms in total. The van der Waals surface area contributed by atoms with Crippen LogP contribution in [0.15, 0.2) is 30.3 Å². The average Bonchev–Trinajstić information content (AvgIpc) is 3.24. The first-order valence-corrected chi connectivity index (χ1v) is 11.1. The molecule has 1 aromatic carbocycles. The molecule has 9 heteroatoms. The van der Waals surface area contributed by atoms with Crippen LogP contribution in [0.2, 0.25) is 0 Å². The van der Waals surface area contributed by atoms with Crippen LogP contribution in [0.25, 0.3) is 5.69 Å². The van der Waals surface area contributed by atoms with Crippen molar-refractivity contribution in [3.05, 3.63) is 53.1 Å². The van der Waals surface area contributed by atoms with Crippen LogP contribution in [0.5, 0.6) is 0 Å². The Morgan fingerprint density at radius 2 is 1.97 bits per heavy atom. The Balaban J connectivity index is 1.74. The standard InChI is InChI=1S/C20H23FN2O5S/c1-13-10-17(14(2)23(13)16-7-4-6-15(21)11-16)19(24)12-28-20(25)18-8-5-9-22(18)29(3,26)27/h4,6-7,10-11,18H,5,8-9,12H2,1-3H3/t18-/m0/s1. The van der Waals surface area contributed by atoms with Crippen LogP contribution in [0, 0.1) is 19.7 Å². The number of esters is 1. The molecular formula is C20H23FN2O5S. The summed E-state index contributed by atoms with van der Waals surface area (Å²) in [4.78, 5) is 25.0. The van der Waals surface area contributed by atoms with Crippen molar-refractivity contribution in [2.45, 2.75) is 32.7 Å². The van der Waals surface area contributed by atoms with Gasteiger partial charge in [-0.2, -0.15) is 4.31 Å². The van der Waals surface area contributed by atoms with Gasteiger partial charge in [0.1, 0.15) is 11.9 Å². The van der Waals surface area contributed by atoms with E-state index < -0.39 is 34.4 Å². The first-order chi connectivity index (χ1) is 13.6. The molecule has 0 N–H and O–H groups in total. The van der Waals surface area contributed by atoms with Crippen molar-refractivity contribution in [3.8, 4) is 5.69 Å². The van der Waals surface area contributed by atoms with E-state index in [1.165, 1.54) is 12.1 Å². The largest absolute Gasteiger partial charge is 0.456 e. The van der Waals surface area contributed by atoms with Crippen LogP contribution in [0.4, 0.5) is 4.39 Å². The number of nitrogens with zero attached hydrogens (tertiary/aromatic N) is 2. The molecule has 0 aliphatic carbocycles. The predicted molar refractivity (Wildman–Crippen MR) is 105 cm³/mol. The van der Waals surface area contributed by atoms with Gasteiger partial charge in [0.15, 0.2) is 6.61 Å². The Bertz CT molecular complexity index is 1060. The van der Waals surface area contributed by atoms with E-state index in [1.807, 2.05) is 0 Å². The third-order valence-electron chi connectivity index (χ3n) is 5.05. The quantitative estimate of drug-likeness (QED) is 0.527. The molecule has 3 rings (SSSR count). The Labute approximate surface area is 169 Å². The number of carbonyl (C=O) groups is 2. The van der Waals surface area contributed by atoms with Gasteiger partial charge in [-0.25, -0.2) is 12.8 Å². The number of benzene rings is 1. The summed E-state index contributed by atoms with van der Waals surface area (Å²) in [7, 11) is -3.52. The lowest BCUT2D eigenvalue weighted by Gasteiger charge is -2.20. The Hall–Kier alpha value is -2.52. The van der Waals surface area contributed by atoms with Gasteiger partial charge in [0.05, 0.1) is 6.26 Å². The fraction of sp³-hybridized carbons (Fsp3) is 0.400. The van der Waals surface area contributed by atoms with Crippen molar-refractivity contribution >= 4 is 21.8 Å². The third kappa shape index (κ3) is 4.40. The molecule has 1 aliphatic heterocycles. The summed E-state index contributed by atoms with van der Waals surface area (Å²) >= 11 is 0. The summed E-state index contributed by atoms with van der Waals surface area (Å²) in [6.07, 6.45) is 1.98. The van der Waals surface area contributed by atoms with E-state index in [0.717, 1.165) is 16.3 Å². The van der Waals surface area contributed by atoms with E-state index in [1.54, 1.807) is 36.6 Å². The lowest BCUT2D eigenvalue weighted by molar-refractivity contribution is -0.146. The molecule has 156 valence electrons. The van der Waals surface area contributed by atoms with Crippen molar-refractivity contribution in [1.29, 1.82) is 0 Å². The SMILES string of the molecule is Cc1cc(C(=O)COC(=O)[C@@H]2CCCN2S(C)(=O)=O)c(C)n1-c1cccc(F)c1. The number of ether oxygens (including phenoxy) is 1. The number of hydrogen-bond acceptors (Lipinski definition) is 5. The Kier molecular flexibility index (Phi) is 5.90. The van der Waals surface area contributed by atoms with Crippen LogP contribution >= 0.6 is 0 Å².